The molecule has 0 aliphatic carbocycles. The van der Waals surface area contributed by atoms with Crippen molar-refractivity contribution in [3.8, 4) is 159 Å². The molecule has 8 aromatic heterocycles. The molecule has 0 bridgehead atoms. The minimum atomic E-state index is 0. The Labute approximate surface area is 876 Å². The van der Waals surface area contributed by atoms with Gasteiger partial charge in [0, 0.05) is 155 Å². The van der Waals surface area contributed by atoms with Gasteiger partial charge in [0.05, 0.1) is 46.5 Å². The molecule has 692 valence electrons. The van der Waals surface area contributed by atoms with Crippen LogP contribution in [0.25, 0.3) is 135 Å². The van der Waals surface area contributed by atoms with Crippen molar-refractivity contribution < 1.29 is 80.4 Å². The van der Waals surface area contributed by atoms with Gasteiger partial charge in [-0.05, 0) is 201 Å². The Morgan fingerprint density at radius 1 is 0.200 bits per heavy atom. The Balaban J connectivity index is 0.000000180. The van der Waals surface area contributed by atoms with Crippen LogP contribution in [0.5, 0.6) is 0 Å². The van der Waals surface area contributed by atoms with Crippen LogP contribution in [-0.2, 0) is 80.4 Å². The first-order valence-electron chi connectivity index (χ1n) is 44.0. The number of aromatic nitrogens is 8. The number of pyridine rings is 8. The van der Waals surface area contributed by atoms with E-state index < -0.39 is 0 Å². The molecule has 0 atom stereocenters. The smallest absolute Gasteiger partial charge is 0.0998 e. The van der Waals surface area contributed by atoms with Crippen LogP contribution in [0.15, 0.2) is 413 Å². The summed E-state index contributed by atoms with van der Waals surface area (Å²) in [5, 5.41) is 35.9. The maximum absolute atomic E-state index is 9.23. The van der Waals surface area contributed by atoms with E-state index >= 15 is 0 Å². The summed E-state index contributed by atoms with van der Waals surface area (Å²) in [5.41, 5.74) is 35.2. The molecule has 0 unspecified atom stereocenters. The summed E-state index contributed by atoms with van der Waals surface area (Å²) in [6, 6.07) is 161. The Hall–Kier alpha value is -15.6. The van der Waals surface area contributed by atoms with Gasteiger partial charge in [-0.2, -0.15) is 21.0 Å². The fourth-order valence-electron chi connectivity index (χ4n) is 14.2. The number of hydrogen-bond acceptors (Lipinski definition) is 12. The van der Waals surface area contributed by atoms with Crippen molar-refractivity contribution >= 4 is 0 Å². The molecule has 0 amide bonds. The SMILES string of the molecule is Cc1cc(-c2[c-]cccc2)ncc1-c1ccc(C#N)cc1.Cc1cc(-c2[c-]cccc2)ncc1-c1cccc(C#N)c1.Cc1cc(-c2[c-]cccc2)ncc1-c1ccccc1C#N.Cc1cccc(-c2[c-]cccc2)n1.Cc1cccc(-c2[c-]cccc2)n1.Cc1cccc(-c2[c-]cccc2)n1.Cc1cccc(-c2[c-]cccc2)n1.Cc1nc(-c2[c-]cccc2)ccc1-c1ccc(C#N)cc1.[Ir].[Ir].[Ir].[Ir]. The number of benzene rings is 12. The fraction of sp³-hybridized carbons (Fsp3) is 0.0645. The van der Waals surface area contributed by atoms with Crippen molar-refractivity contribution in [1.82, 2.24) is 39.9 Å². The number of hydrogen-bond donors (Lipinski definition) is 0. The fourth-order valence-corrected chi connectivity index (χ4v) is 14.2. The van der Waals surface area contributed by atoms with E-state index in [-0.39, 0.29) is 80.4 Å². The van der Waals surface area contributed by atoms with E-state index in [0.29, 0.717) is 22.3 Å². The van der Waals surface area contributed by atoms with Gasteiger partial charge in [-0.3, -0.25) is 0 Å². The predicted molar refractivity (Wildman–Crippen MR) is 547 cm³/mol. The van der Waals surface area contributed by atoms with Crippen molar-refractivity contribution in [1.29, 1.82) is 21.0 Å². The molecule has 0 fully saturated rings. The Morgan fingerprint density at radius 2 is 0.479 bits per heavy atom. The van der Waals surface area contributed by atoms with Gasteiger partial charge in [0.2, 0.25) is 0 Å². The zero-order chi connectivity index (χ0) is 95.0. The zero-order valence-corrected chi connectivity index (χ0v) is 87.5. The van der Waals surface area contributed by atoms with Gasteiger partial charge in [0.1, 0.15) is 0 Å². The largest absolute Gasteiger partial charge is 0.304 e. The van der Waals surface area contributed by atoms with Crippen LogP contribution < -0.4 is 0 Å². The number of nitrogens with zero attached hydrogens (tertiary/aromatic N) is 12. The molecule has 0 spiro atoms. The molecule has 0 saturated heterocycles. The van der Waals surface area contributed by atoms with Crippen molar-refractivity contribution in [2.75, 3.05) is 0 Å². The van der Waals surface area contributed by atoms with Crippen LogP contribution in [0.2, 0.25) is 0 Å². The summed E-state index contributed by atoms with van der Waals surface area (Å²) in [6.07, 6.45) is 5.58. The maximum atomic E-state index is 9.23. The number of aryl methyl sites for hydroxylation is 8. The van der Waals surface area contributed by atoms with Gasteiger partial charge >= 0.3 is 0 Å². The Bertz CT molecular complexity index is 6990. The predicted octanol–water partition coefficient (Wildman–Crippen LogP) is 29.0. The molecule has 0 aliphatic heterocycles. The molecular formula is C124H92Ir4N12-8. The van der Waals surface area contributed by atoms with Gasteiger partial charge in [-0.25, -0.2) is 0 Å². The third kappa shape index (κ3) is 32.0. The third-order valence-electron chi connectivity index (χ3n) is 21.1. The van der Waals surface area contributed by atoms with Gasteiger partial charge < -0.3 is 39.9 Å². The zero-order valence-electron chi connectivity index (χ0n) is 78.0. The second-order valence-electron chi connectivity index (χ2n) is 31.1. The van der Waals surface area contributed by atoms with Crippen molar-refractivity contribution in [3.63, 3.8) is 0 Å². The molecule has 12 nitrogen and oxygen atoms in total. The average molecular weight is 2520 g/mol. The van der Waals surface area contributed by atoms with E-state index in [1.807, 2.05) is 430 Å². The summed E-state index contributed by atoms with van der Waals surface area (Å²) < 4.78 is 0. The van der Waals surface area contributed by atoms with E-state index in [4.69, 9.17) is 15.8 Å². The van der Waals surface area contributed by atoms with Crippen LogP contribution in [0.3, 0.4) is 0 Å². The van der Waals surface area contributed by atoms with E-state index in [9.17, 15) is 5.26 Å². The standard InChI is InChI=1S/4C19H13N2.4C12H10N.4Ir/c1-14-10-19(16-7-3-2-4-8-16)21-13-18(14)17-9-5-6-15(11-17)12-20;1-14-11-19(15-7-3-2-4-8-15)21-13-18(14)17-10-6-5-9-16(17)12-20;1-14-11-19(17-5-3-2-4-6-17)21-13-18(14)16-9-7-15(12-20)8-10-16;1-14-18(16-9-7-15(13-20)8-10-16)11-12-19(21-14)17-5-3-2-4-6-17;4*1-10-6-5-9-12(13-10)11-7-3-2-4-8-11;;;;/h2*2-7,9-11,13H,1H3;2-5,7-11,13H,1H3;2-5,7-12H,1H3;4*2-7,9H,1H3;;;;/q8*-1;;;;. The number of nitriles is 4. The van der Waals surface area contributed by atoms with Crippen molar-refractivity contribution in [2.24, 2.45) is 0 Å². The summed E-state index contributed by atoms with van der Waals surface area (Å²) in [5.74, 6) is 0. The average Bonchev–Trinajstić information content (AvgIpc) is 0.807. The van der Waals surface area contributed by atoms with Crippen LogP contribution in [0.4, 0.5) is 0 Å². The summed E-state index contributed by atoms with van der Waals surface area (Å²) in [7, 11) is 0. The minimum Gasteiger partial charge on any atom is -0.304 e. The van der Waals surface area contributed by atoms with Crippen LogP contribution in [0, 0.1) is 149 Å². The first-order valence-corrected chi connectivity index (χ1v) is 44.0. The second-order valence-corrected chi connectivity index (χ2v) is 31.1. The van der Waals surface area contributed by atoms with E-state index in [2.05, 4.69) is 145 Å². The third-order valence-corrected chi connectivity index (χ3v) is 21.1. The van der Waals surface area contributed by atoms with E-state index in [0.717, 1.165) is 180 Å². The molecule has 140 heavy (non-hydrogen) atoms. The first-order chi connectivity index (χ1) is 66.6. The van der Waals surface area contributed by atoms with Crippen LogP contribution in [-0.4, -0.2) is 39.9 Å². The molecule has 8 heterocycles. The second kappa shape index (κ2) is 56.8. The van der Waals surface area contributed by atoms with Crippen molar-refractivity contribution in [2.45, 2.75) is 55.4 Å². The normalized spacial score (nSPS) is 9.74. The summed E-state index contributed by atoms with van der Waals surface area (Å²) >= 11 is 0. The van der Waals surface area contributed by atoms with Gasteiger partial charge in [0.25, 0.3) is 0 Å². The molecule has 0 aliphatic rings. The first kappa shape index (κ1) is 108. The molecule has 0 saturated carbocycles. The Kier molecular flexibility index (Phi) is 43.8. The maximum Gasteiger partial charge on any atom is 0.0998 e. The van der Waals surface area contributed by atoms with Crippen LogP contribution >= 0.6 is 0 Å². The Morgan fingerprint density at radius 3 is 0.764 bits per heavy atom. The molecule has 12 aromatic carbocycles. The topological polar surface area (TPSA) is 198 Å². The molecule has 16 heteroatoms. The monoisotopic (exact) mass is 2520 g/mol. The van der Waals surface area contributed by atoms with Crippen LogP contribution in [0.1, 0.15) is 67.4 Å². The number of rotatable bonds is 12. The van der Waals surface area contributed by atoms with Gasteiger partial charge in [-0.15, -0.1) is 287 Å². The van der Waals surface area contributed by atoms with Gasteiger partial charge in [-0.1, -0.05) is 133 Å². The van der Waals surface area contributed by atoms with E-state index in [1.165, 1.54) is 0 Å². The summed E-state index contributed by atoms with van der Waals surface area (Å²) in [4.78, 5) is 35.9. The molecule has 20 rings (SSSR count). The van der Waals surface area contributed by atoms with E-state index in [1.54, 1.807) is 6.07 Å². The molecular weight excluding hydrogens is 2430 g/mol. The molecule has 20 aromatic rings. The minimum absolute atomic E-state index is 0. The molecule has 4 radical (unpaired) electrons. The van der Waals surface area contributed by atoms with Gasteiger partial charge in [0.15, 0.2) is 0 Å². The quantitative estimate of drug-likeness (QED) is 0.105. The molecule has 0 N–H and O–H groups in total. The summed E-state index contributed by atoms with van der Waals surface area (Å²) in [6.45, 7) is 16.1. The van der Waals surface area contributed by atoms with Crippen molar-refractivity contribution in [3.05, 3.63) is 529 Å².